The Morgan fingerprint density at radius 1 is 1.08 bits per heavy atom. The van der Waals surface area contributed by atoms with Crippen molar-refractivity contribution in [3.63, 3.8) is 0 Å². The first-order valence-corrected chi connectivity index (χ1v) is 10.2. The number of carbonyl (C=O) groups excluding carboxylic acids is 2. The van der Waals surface area contributed by atoms with Gasteiger partial charge in [-0.25, -0.2) is 13.2 Å². The maximum atomic E-state index is 11.6. The molecule has 0 aliphatic rings. The number of unbranched alkanes of at least 4 members (excludes halogenated alkanes) is 1. The first-order chi connectivity index (χ1) is 11.9. The molecule has 0 aromatic carbocycles. The van der Waals surface area contributed by atoms with Gasteiger partial charge in [0.15, 0.2) is 0 Å². The highest BCUT2D eigenvalue weighted by Gasteiger charge is 2.23. The lowest BCUT2D eigenvalue weighted by Crippen LogP contribution is -2.49. The average molecular weight is 394 g/mol. The van der Waals surface area contributed by atoms with Gasteiger partial charge in [0.2, 0.25) is 0 Å². The van der Waals surface area contributed by atoms with Gasteiger partial charge in [-0.15, -0.1) is 0 Å². The van der Waals surface area contributed by atoms with Crippen LogP contribution < -0.4 is 0 Å². The molecule has 0 spiro atoms. The Morgan fingerprint density at radius 3 is 2.08 bits per heavy atom. The van der Waals surface area contributed by atoms with Crippen molar-refractivity contribution in [3.05, 3.63) is 12.2 Å². The number of hydrogen-bond acceptors (Lipinski definition) is 7. The Morgan fingerprint density at radius 2 is 1.62 bits per heavy atom. The number of hydrogen-bond donors (Lipinski definition) is 0. The van der Waals surface area contributed by atoms with Gasteiger partial charge in [0.1, 0.15) is 26.3 Å². The van der Waals surface area contributed by atoms with Crippen molar-refractivity contribution in [1.29, 1.82) is 0 Å². The average Bonchev–Trinajstić information content (AvgIpc) is 2.50. The summed E-state index contributed by atoms with van der Waals surface area (Å²) in [6, 6.07) is 0. The zero-order valence-corrected chi connectivity index (χ0v) is 17.0. The van der Waals surface area contributed by atoms with Crippen LogP contribution in [-0.4, -0.2) is 75.0 Å². The molecule has 0 aromatic heterocycles. The van der Waals surface area contributed by atoms with E-state index in [-0.39, 0.29) is 31.5 Å². The van der Waals surface area contributed by atoms with Crippen LogP contribution >= 0.6 is 0 Å². The molecule has 0 saturated heterocycles. The molecule has 0 bridgehead atoms. The molecule has 0 N–H and O–H groups in total. The Balaban J connectivity index is 4.60. The van der Waals surface area contributed by atoms with Crippen molar-refractivity contribution in [3.8, 4) is 0 Å². The molecule has 0 radical (unpaired) electrons. The SMILES string of the molecule is C=C(C)C(=O)OCC[N+](C)(CCCCS(=O)(=O)[O-])CCOC(=O)C(C)C. The van der Waals surface area contributed by atoms with E-state index in [0.29, 0.717) is 36.1 Å². The lowest BCUT2D eigenvalue weighted by atomic mass is 10.2. The maximum Gasteiger partial charge on any atom is 0.333 e. The minimum atomic E-state index is -4.22. The fourth-order valence-corrected chi connectivity index (χ4v) is 2.68. The van der Waals surface area contributed by atoms with E-state index in [2.05, 4.69) is 6.58 Å². The molecular formula is C17H31NO7S. The summed E-state index contributed by atoms with van der Waals surface area (Å²) in [5.41, 5.74) is 0.311. The highest BCUT2D eigenvalue weighted by atomic mass is 32.2. The summed E-state index contributed by atoms with van der Waals surface area (Å²) in [6.45, 7) is 10.5. The molecule has 0 rings (SSSR count). The van der Waals surface area contributed by atoms with Gasteiger partial charge in [-0.2, -0.15) is 0 Å². The molecule has 0 aromatic rings. The van der Waals surface area contributed by atoms with E-state index in [1.165, 1.54) is 0 Å². The second-order valence-electron chi connectivity index (χ2n) is 7.00. The van der Waals surface area contributed by atoms with Crippen LogP contribution in [0.5, 0.6) is 0 Å². The van der Waals surface area contributed by atoms with Gasteiger partial charge < -0.3 is 18.5 Å². The number of nitrogens with zero attached hydrogens (tertiary/aromatic N) is 1. The second kappa shape index (κ2) is 11.3. The molecule has 0 aliphatic heterocycles. The smallest absolute Gasteiger partial charge is 0.333 e. The lowest BCUT2D eigenvalue weighted by Gasteiger charge is -2.34. The maximum absolute atomic E-state index is 11.6. The molecule has 0 heterocycles. The summed E-state index contributed by atoms with van der Waals surface area (Å²) in [6.07, 6.45) is 0.779. The van der Waals surface area contributed by atoms with Crippen molar-refractivity contribution in [2.75, 3.05) is 45.6 Å². The third kappa shape index (κ3) is 12.0. The van der Waals surface area contributed by atoms with Crippen molar-refractivity contribution in [2.45, 2.75) is 33.6 Å². The number of rotatable bonds is 13. The summed E-state index contributed by atoms with van der Waals surface area (Å²) in [7, 11) is -2.32. The van der Waals surface area contributed by atoms with Crippen molar-refractivity contribution < 1.29 is 36.5 Å². The van der Waals surface area contributed by atoms with Crippen molar-refractivity contribution >= 4 is 22.1 Å². The molecule has 1 unspecified atom stereocenters. The summed E-state index contributed by atoms with van der Waals surface area (Å²) in [5.74, 6) is -1.38. The van der Waals surface area contributed by atoms with E-state index in [9.17, 15) is 22.6 Å². The van der Waals surface area contributed by atoms with Crippen LogP contribution in [0.4, 0.5) is 0 Å². The second-order valence-corrected chi connectivity index (χ2v) is 8.52. The minimum Gasteiger partial charge on any atom is -0.748 e. The zero-order chi connectivity index (χ0) is 20.4. The van der Waals surface area contributed by atoms with Gasteiger partial charge >= 0.3 is 11.9 Å². The lowest BCUT2D eigenvalue weighted by molar-refractivity contribution is -0.910. The summed E-state index contributed by atoms with van der Waals surface area (Å²) < 4.78 is 42.8. The van der Waals surface area contributed by atoms with Gasteiger partial charge in [0.05, 0.1) is 29.6 Å². The van der Waals surface area contributed by atoms with Crippen LogP contribution in [0.3, 0.4) is 0 Å². The van der Waals surface area contributed by atoms with Crippen LogP contribution in [0, 0.1) is 5.92 Å². The summed E-state index contributed by atoms with van der Waals surface area (Å²) >= 11 is 0. The zero-order valence-electron chi connectivity index (χ0n) is 16.2. The fourth-order valence-electron chi connectivity index (χ4n) is 2.12. The first-order valence-electron chi connectivity index (χ1n) is 8.63. The van der Waals surface area contributed by atoms with Gasteiger partial charge in [0.25, 0.3) is 0 Å². The molecule has 0 saturated carbocycles. The topological polar surface area (TPSA) is 110 Å². The van der Waals surface area contributed by atoms with E-state index in [0.717, 1.165) is 0 Å². The highest BCUT2D eigenvalue weighted by Crippen LogP contribution is 2.08. The Hall–Kier alpha value is -1.45. The Kier molecular flexibility index (Phi) is 10.7. The number of quaternary nitrogens is 1. The van der Waals surface area contributed by atoms with E-state index >= 15 is 0 Å². The molecule has 8 nitrogen and oxygen atoms in total. The number of carbonyl (C=O) groups is 2. The third-order valence-corrected chi connectivity index (χ3v) is 4.69. The van der Waals surface area contributed by atoms with E-state index in [1.54, 1.807) is 20.8 Å². The number of esters is 2. The number of ether oxygens (including phenoxy) is 2. The van der Waals surface area contributed by atoms with E-state index < -0.39 is 21.8 Å². The molecular weight excluding hydrogens is 362 g/mol. The van der Waals surface area contributed by atoms with Crippen LogP contribution in [0.15, 0.2) is 12.2 Å². The monoisotopic (exact) mass is 393 g/mol. The molecule has 0 fully saturated rings. The van der Waals surface area contributed by atoms with Crippen molar-refractivity contribution in [2.24, 2.45) is 5.92 Å². The summed E-state index contributed by atoms with van der Waals surface area (Å²) in [4.78, 5) is 23.0. The molecule has 152 valence electrons. The van der Waals surface area contributed by atoms with Crippen LogP contribution in [0.1, 0.15) is 33.6 Å². The highest BCUT2D eigenvalue weighted by molar-refractivity contribution is 7.85. The van der Waals surface area contributed by atoms with Gasteiger partial charge in [-0.05, 0) is 19.8 Å². The van der Waals surface area contributed by atoms with Crippen LogP contribution in [0.25, 0.3) is 0 Å². The minimum absolute atomic E-state index is 0.167. The van der Waals surface area contributed by atoms with E-state index in [4.69, 9.17) is 9.47 Å². The molecule has 1 atom stereocenters. The predicted octanol–water partition coefficient (Wildman–Crippen LogP) is 1.08. The standard InChI is InChI=1S/C17H31NO7S/c1-14(2)16(19)24-11-9-18(5,8-6-7-13-26(21,22)23)10-12-25-17(20)15(3)4/h15H,1,6-13H2,2-5H3. The normalized spacial score (nSPS) is 13.9. The predicted molar refractivity (Wildman–Crippen MR) is 96.2 cm³/mol. The van der Waals surface area contributed by atoms with E-state index in [1.807, 2.05) is 7.05 Å². The Labute approximate surface area is 156 Å². The van der Waals surface area contributed by atoms with Crippen LogP contribution in [0.2, 0.25) is 0 Å². The fraction of sp³-hybridized carbons (Fsp3) is 0.765. The van der Waals surface area contributed by atoms with Gasteiger partial charge in [0, 0.05) is 11.3 Å². The molecule has 0 amide bonds. The van der Waals surface area contributed by atoms with Crippen LogP contribution in [-0.2, 0) is 29.2 Å². The largest absolute Gasteiger partial charge is 0.748 e. The van der Waals surface area contributed by atoms with Gasteiger partial charge in [-0.1, -0.05) is 20.4 Å². The quantitative estimate of drug-likeness (QED) is 0.151. The molecule has 9 heteroatoms. The number of likely N-dealkylation sites (N-methyl/N-ethyl adjacent to an activating group) is 1. The summed E-state index contributed by atoms with van der Waals surface area (Å²) in [5, 5.41) is 0. The van der Waals surface area contributed by atoms with Crippen molar-refractivity contribution in [1.82, 2.24) is 0 Å². The third-order valence-electron chi connectivity index (χ3n) is 3.90. The first kappa shape index (κ1) is 24.6. The molecule has 26 heavy (non-hydrogen) atoms. The molecule has 0 aliphatic carbocycles. The van der Waals surface area contributed by atoms with Gasteiger partial charge in [-0.3, -0.25) is 4.79 Å². The Bertz CT molecular complexity index is 586.